The fourth-order valence-electron chi connectivity index (χ4n) is 2.89. The first kappa shape index (κ1) is 22.3. The standard InChI is InChI=1S/C22H14ClN3O6S/c1-12-2-8-16(17(10-12)26(29)30)18-9-7-15(31-18)11-19(21(27)28)33-22-25-24-20(32-22)13-3-5-14(23)6-4-13/h2-11H,1H3,(H,27,28)/b19-11-. The van der Waals surface area contributed by atoms with E-state index in [1.807, 2.05) is 0 Å². The van der Waals surface area contributed by atoms with Crippen LogP contribution in [0.25, 0.3) is 28.9 Å². The van der Waals surface area contributed by atoms with E-state index in [0.29, 0.717) is 16.1 Å². The molecule has 11 heteroatoms. The van der Waals surface area contributed by atoms with Crippen molar-refractivity contribution in [3.05, 3.63) is 86.0 Å². The van der Waals surface area contributed by atoms with E-state index >= 15 is 0 Å². The fraction of sp³-hybridized carbons (Fsp3) is 0.0455. The molecule has 0 bridgehead atoms. The van der Waals surface area contributed by atoms with Gasteiger partial charge in [-0.15, -0.1) is 10.2 Å². The van der Waals surface area contributed by atoms with E-state index in [1.165, 1.54) is 18.2 Å². The SMILES string of the molecule is Cc1ccc(-c2ccc(/C=C(\Sc3nnc(-c4ccc(Cl)cc4)o3)C(=O)O)o2)c([N+](=O)[O-])c1. The summed E-state index contributed by atoms with van der Waals surface area (Å²) in [6.45, 7) is 1.75. The number of nitro benzene ring substituents is 1. The van der Waals surface area contributed by atoms with Crippen molar-refractivity contribution in [1.82, 2.24) is 10.2 Å². The molecule has 33 heavy (non-hydrogen) atoms. The van der Waals surface area contributed by atoms with Crippen LogP contribution in [0.2, 0.25) is 5.02 Å². The maximum absolute atomic E-state index is 11.8. The molecule has 2 aromatic carbocycles. The number of rotatable bonds is 7. The third kappa shape index (κ3) is 5.13. The van der Waals surface area contributed by atoms with Gasteiger partial charge in [0, 0.05) is 22.7 Å². The molecule has 1 N–H and O–H groups in total. The van der Waals surface area contributed by atoms with Gasteiger partial charge >= 0.3 is 5.97 Å². The molecular formula is C22H14ClN3O6S. The highest BCUT2D eigenvalue weighted by molar-refractivity contribution is 8.03. The van der Waals surface area contributed by atoms with E-state index < -0.39 is 10.9 Å². The van der Waals surface area contributed by atoms with E-state index in [-0.39, 0.29) is 33.2 Å². The van der Waals surface area contributed by atoms with Crippen LogP contribution in [0.3, 0.4) is 0 Å². The van der Waals surface area contributed by atoms with Gasteiger partial charge in [0.1, 0.15) is 16.4 Å². The number of nitrogens with zero attached hydrogens (tertiary/aromatic N) is 3. The van der Waals surface area contributed by atoms with Crippen molar-refractivity contribution in [3.63, 3.8) is 0 Å². The number of carbonyl (C=O) groups is 1. The van der Waals surface area contributed by atoms with Gasteiger partial charge in [0.05, 0.1) is 10.5 Å². The molecule has 0 atom stereocenters. The Hall–Kier alpha value is -3.89. The second kappa shape index (κ2) is 9.31. The molecule has 0 aliphatic carbocycles. The van der Waals surface area contributed by atoms with E-state index in [4.69, 9.17) is 20.4 Å². The zero-order chi connectivity index (χ0) is 23.5. The molecule has 2 aromatic heterocycles. The molecule has 0 amide bonds. The van der Waals surface area contributed by atoms with E-state index in [9.17, 15) is 20.0 Å². The van der Waals surface area contributed by atoms with Gasteiger partial charge in [-0.1, -0.05) is 17.7 Å². The average Bonchev–Trinajstić information content (AvgIpc) is 3.43. The van der Waals surface area contributed by atoms with Crippen LogP contribution in [-0.2, 0) is 4.79 Å². The summed E-state index contributed by atoms with van der Waals surface area (Å²) in [4.78, 5) is 22.5. The molecule has 0 saturated carbocycles. The Kier molecular flexibility index (Phi) is 6.29. The van der Waals surface area contributed by atoms with Gasteiger partial charge in [-0.25, -0.2) is 4.79 Å². The monoisotopic (exact) mass is 483 g/mol. The lowest BCUT2D eigenvalue weighted by Gasteiger charge is -2.01. The van der Waals surface area contributed by atoms with Crippen LogP contribution in [-0.4, -0.2) is 26.2 Å². The molecule has 4 rings (SSSR count). The molecule has 0 fully saturated rings. The lowest BCUT2D eigenvalue weighted by atomic mass is 10.1. The Morgan fingerprint density at radius 3 is 2.58 bits per heavy atom. The number of aliphatic carboxylic acids is 1. The Morgan fingerprint density at radius 1 is 1.12 bits per heavy atom. The molecule has 2 heterocycles. The molecule has 0 aliphatic heterocycles. The second-order valence-electron chi connectivity index (χ2n) is 6.78. The first-order valence-electron chi connectivity index (χ1n) is 9.37. The zero-order valence-corrected chi connectivity index (χ0v) is 18.5. The third-order valence-electron chi connectivity index (χ3n) is 4.42. The number of carboxylic acid groups (broad SMARTS) is 1. The summed E-state index contributed by atoms with van der Waals surface area (Å²) in [6, 6.07) is 14.6. The summed E-state index contributed by atoms with van der Waals surface area (Å²) in [6.07, 6.45) is 1.28. The van der Waals surface area contributed by atoms with Crippen LogP contribution in [0, 0.1) is 17.0 Å². The summed E-state index contributed by atoms with van der Waals surface area (Å²) in [5.74, 6) is -0.580. The number of halogens is 1. The average molecular weight is 484 g/mol. The van der Waals surface area contributed by atoms with Gasteiger partial charge in [0.25, 0.3) is 10.9 Å². The lowest BCUT2D eigenvalue weighted by Crippen LogP contribution is -1.96. The smallest absolute Gasteiger partial charge is 0.342 e. The van der Waals surface area contributed by atoms with E-state index in [2.05, 4.69) is 10.2 Å². The minimum absolute atomic E-state index is 0.0227. The van der Waals surface area contributed by atoms with E-state index in [1.54, 1.807) is 49.4 Å². The third-order valence-corrected chi connectivity index (χ3v) is 5.53. The number of aryl methyl sites for hydroxylation is 1. The topological polar surface area (TPSA) is 132 Å². The maximum atomic E-state index is 11.8. The molecule has 166 valence electrons. The van der Waals surface area contributed by atoms with Gasteiger partial charge in [0.2, 0.25) is 5.89 Å². The van der Waals surface area contributed by atoms with Crippen LogP contribution in [0.5, 0.6) is 0 Å². The van der Waals surface area contributed by atoms with Crippen LogP contribution < -0.4 is 0 Å². The largest absolute Gasteiger partial charge is 0.477 e. The van der Waals surface area contributed by atoms with Crippen LogP contribution in [0.1, 0.15) is 11.3 Å². The molecule has 0 spiro atoms. The number of hydrogen-bond donors (Lipinski definition) is 1. The minimum atomic E-state index is -1.23. The highest BCUT2D eigenvalue weighted by Gasteiger charge is 2.20. The first-order valence-corrected chi connectivity index (χ1v) is 10.6. The number of furan rings is 1. The van der Waals surface area contributed by atoms with Crippen LogP contribution in [0.4, 0.5) is 5.69 Å². The number of aromatic nitrogens is 2. The second-order valence-corrected chi connectivity index (χ2v) is 8.21. The van der Waals surface area contributed by atoms with Gasteiger partial charge < -0.3 is 13.9 Å². The summed E-state index contributed by atoms with van der Waals surface area (Å²) < 4.78 is 11.2. The number of benzene rings is 2. The number of carboxylic acids is 1. The molecule has 9 nitrogen and oxygen atoms in total. The van der Waals surface area contributed by atoms with Gasteiger partial charge in [0.15, 0.2) is 0 Å². The van der Waals surface area contributed by atoms with Crippen molar-refractivity contribution in [3.8, 4) is 22.8 Å². The Balaban J connectivity index is 1.59. The lowest BCUT2D eigenvalue weighted by molar-refractivity contribution is -0.384. The van der Waals surface area contributed by atoms with Crippen molar-refractivity contribution in [2.24, 2.45) is 0 Å². The van der Waals surface area contributed by atoms with Gasteiger partial charge in [-0.3, -0.25) is 10.1 Å². The van der Waals surface area contributed by atoms with E-state index in [0.717, 1.165) is 17.3 Å². The Labute approximate surface area is 195 Å². The molecule has 0 aliphatic rings. The predicted octanol–water partition coefficient (Wildman–Crippen LogP) is 6.08. The van der Waals surface area contributed by atoms with Crippen LogP contribution >= 0.6 is 23.4 Å². The zero-order valence-electron chi connectivity index (χ0n) is 16.9. The summed E-state index contributed by atoms with van der Waals surface area (Å²) >= 11 is 6.62. The molecule has 0 radical (unpaired) electrons. The first-order chi connectivity index (χ1) is 15.8. The molecular weight excluding hydrogens is 470 g/mol. The van der Waals surface area contributed by atoms with Crippen molar-refractivity contribution in [2.45, 2.75) is 12.1 Å². The number of nitro groups is 1. The normalized spacial score (nSPS) is 11.5. The summed E-state index contributed by atoms with van der Waals surface area (Å²) in [7, 11) is 0. The number of thioether (sulfide) groups is 1. The van der Waals surface area contributed by atoms with Crippen LogP contribution in [0.15, 0.2) is 73.6 Å². The van der Waals surface area contributed by atoms with Gasteiger partial charge in [-0.05, 0) is 66.7 Å². The Bertz CT molecular complexity index is 1380. The highest BCUT2D eigenvalue weighted by Crippen LogP contribution is 2.34. The fourth-order valence-corrected chi connectivity index (χ4v) is 3.67. The highest BCUT2D eigenvalue weighted by atomic mass is 35.5. The van der Waals surface area contributed by atoms with Crippen molar-refractivity contribution in [1.29, 1.82) is 0 Å². The van der Waals surface area contributed by atoms with Crippen molar-refractivity contribution >= 4 is 41.1 Å². The Morgan fingerprint density at radius 2 is 1.88 bits per heavy atom. The molecule has 4 aromatic rings. The van der Waals surface area contributed by atoms with Crippen molar-refractivity contribution in [2.75, 3.05) is 0 Å². The maximum Gasteiger partial charge on any atom is 0.342 e. The minimum Gasteiger partial charge on any atom is -0.477 e. The quantitative estimate of drug-likeness (QED) is 0.143. The molecule has 0 unspecified atom stereocenters. The predicted molar refractivity (Wildman–Crippen MR) is 122 cm³/mol. The number of hydrogen-bond acceptors (Lipinski definition) is 8. The molecule has 0 saturated heterocycles. The van der Waals surface area contributed by atoms with Gasteiger partial charge in [-0.2, -0.15) is 0 Å². The van der Waals surface area contributed by atoms with Crippen molar-refractivity contribution < 1.29 is 23.7 Å². The summed E-state index contributed by atoms with van der Waals surface area (Å²) in [5, 5.41) is 29.4. The summed E-state index contributed by atoms with van der Waals surface area (Å²) in [5.41, 5.74) is 1.56.